The summed E-state index contributed by atoms with van der Waals surface area (Å²) in [6.07, 6.45) is 25.6. The number of rotatable bonds is 26. The fourth-order valence-corrected chi connectivity index (χ4v) is 5.49. The van der Waals surface area contributed by atoms with Gasteiger partial charge in [0.2, 0.25) is 12.2 Å². The lowest BCUT2D eigenvalue weighted by atomic mass is 10.0. The van der Waals surface area contributed by atoms with Crippen molar-refractivity contribution in [3.05, 3.63) is 59.7 Å². The summed E-state index contributed by atoms with van der Waals surface area (Å²) in [4.78, 5) is 51.7. The zero-order valence-electron chi connectivity index (χ0n) is 31.0. The first-order chi connectivity index (χ1) is 25.3. The molecule has 0 bridgehead atoms. The van der Waals surface area contributed by atoms with Gasteiger partial charge in [-0.3, -0.25) is 4.79 Å². The van der Waals surface area contributed by atoms with Crippen LogP contribution in [0.2, 0.25) is 0 Å². The van der Waals surface area contributed by atoms with Crippen LogP contribution < -0.4 is 9.47 Å². The maximum absolute atomic E-state index is 12.5. The molecule has 0 aromatic heterocycles. The molecule has 0 aliphatic carbocycles. The molecule has 2 rings (SSSR count). The molecule has 0 fully saturated rings. The van der Waals surface area contributed by atoms with Crippen LogP contribution in [0.3, 0.4) is 0 Å². The summed E-state index contributed by atoms with van der Waals surface area (Å²) in [6, 6.07) is 11.7. The highest BCUT2D eigenvalue weighted by Crippen LogP contribution is 2.18. The smallest absolute Gasteiger partial charge is 0.332 e. The van der Waals surface area contributed by atoms with Crippen molar-refractivity contribution >= 4 is 23.9 Å². The summed E-state index contributed by atoms with van der Waals surface area (Å²) in [5, 5.41) is 16.8. The molecule has 3 unspecified atom stereocenters. The molecular weight excluding hydrogens is 660 g/mol. The highest BCUT2D eigenvalue weighted by atomic mass is 16.5. The van der Waals surface area contributed by atoms with Crippen molar-refractivity contribution in [2.45, 2.75) is 148 Å². The average Bonchev–Trinajstić information content (AvgIpc) is 3.13. The number of aliphatic imine (C=N–C) groups is 2. The topological polar surface area (TPSA) is 168 Å². The molecule has 2 aromatic carbocycles. The first-order valence-corrected chi connectivity index (χ1v) is 18.4. The van der Waals surface area contributed by atoms with E-state index in [1.807, 2.05) is 6.92 Å². The molecule has 0 saturated carbocycles. The van der Waals surface area contributed by atoms with Gasteiger partial charge in [0.15, 0.2) is 11.8 Å². The van der Waals surface area contributed by atoms with Gasteiger partial charge in [0.25, 0.3) is 12.5 Å². The summed E-state index contributed by atoms with van der Waals surface area (Å²) < 4.78 is 14.9. The number of ether oxygens (including phenoxy) is 3. The van der Waals surface area contributed by atoms with Gasteiger partial charge in [-0.15, -0.1) is 10.5 Å². The molecule has 52 heavy (non-hydrogen) atoms. The first-order valence-electron chi connectivity index (χ1n) is 18.4. The number of carbonyl (C=O) groups is 2. The molecular formula is C41H54N4O7. The number of Topliss-reactive ketones (excluding diaryl/α,β-unsaturated/α-hetero) is 1. The van der Waals surface area contributed by atoms with Crippen molar-refractivity contribution < 1.29 is 33.4 Å². The van der Waals surface area contributed by atoms with Crippen LogP contribution >= 0.6 is 0 Å². The van der Waals surface area contributed by atoms with E-state index in [1.54, 1.807) is 61.0 Å². The Morgan fingerprint density at radius 2 is 1.02 bits per heavy atom. The minimum absolute atomic E-state index is 0.189. The molecule has 0 saturated heterocycles. The average molecular weight is 715 g/mol. The van der Waals surface area contributed by atoms with Crippen molar-refractivity contribution in [3.63, 3.8) is 0 Å². The quantitative estimate of drug-likeness (QED) is 0.0303. The third-order valence-corrected chi connectivity index (χ3v) is 8.47. The zero-order chi connectivity index (χ0) is 38.2. The number of esters is 1. The monoisotopic (exact) mass is 714 g/mol. The van der Waals surface area contributed by atoms with Gasteiger partial charge < -0.3 is 14.2 Å². The van der Waals surface area contributed by atoms with E-state index >= 15 is 0 Å². The van der Waals surface area contributed by atoms with Crippen LogP contribution in [0.1, 0.15) is 128 Å². The lowest BCUT2D eigenvalue weighted by Crippen LogP contribution is -2.27. The summed E-state index contributed by atoms with van der Waals surface area (Å²) in [5.41, 5.74) is 1.62. The molecule has 3 atom stereocenters. The van der Waals surface area contributed by atoms with E-state index in [9.17, 15) is 19.2 Å². The fourth-order valence-electron chi connectivity index (χ4n) is 5.49. The van der Waals surface area contributed by atoms with E-state index in [4.69, 9.17) is 20.0 Å². The standard InChI is InChI=1S/C29H44N2O4.C12H10N2O3/c1-3-4-5-6-7-8-9-10-11-12-13-14-15-16-17-25(2)35-29(33)28(31-24-32)22-26-18-20-27(21-19-26)34-23-30;1-9(16)12(14-8-15)6-10-2-4-11(5-3-10)17-7-13/h18-21,25,28H,3-17,22H2,1-2H3;2-5,12H,6H2,1H3. The van der Waals surface area contributed by atoms with Gasteiger partial charge in [0, 0.05) is 12.8 Å². The predicted molar refractivity (Wildman–Crippen MR) is 198 cm³/mol. The summed E-state index contributed by atoms with van der Waals surface area (Å²) in [7, 11) is 0. The van der Waals surface area contributed by atoms with Crippen molar-refractivity contribution in [3.8, 4) is 24.0 Å². The molecule has 0 amide bonds. The second kappa shape index (κ2) is 29.6. The number of carbonyl (C=O) groups excluding carboxylic acids is 4. The molecule has 11 nitrogen and oxygen atoms in total. The molecule has 0 heterocycles. The predicted octanol–water partition coefficient (Wildman–Crippen LogP) is 8.98. The van der Waals surface area contributed by atoms with E-state index in [-0.39, 0.29) is 18.3 Å². The van der Waals surface area contributed by atoms with E-state index in [2.05, 4.69) is 21.6 Å². The third-order valence-electron chi connectivity index (χ3n) is 8.47. The number of isocyanates is 2. The van der Waals surface area contributed by atoms with Crippen molar-refractivity contribution in [2.24, 2.45) is 9.98 Å². The van der Waals surface area contributed by atoms with Crippen LogP contribution in [0.5, 0.6) is 11.5 Å². The largest absolute Gasteiger partial charge is 0.461 e. The fraction of sp³-hybridized carbons (Fsp3) is 0.561. The molecule has 0 aliphatic heterocycles. The van der Waals surface area contributed by atoms with Crippen LogP contribution in [0.15, 0.2) is 58.5 Å². The SMILES string of the molecule is CC(=O)C(Cc1ccc(OC#N)cc1)N=C=O.CCCCCCCCCCCCCCCCC(C)OC(=O)C(Cc1ccc(OC#N)cc1)N=C=O. The van der Waals surface area contributed by atoms with Gasteiger partial charge in [-0.1, -0.05) is 115 Å². The van der Waals surface area contributed by atoms with E-state index in [0.29, 0.717) is 17.9 Å². The van der Waals surface area contributed by atoms with Gasteiger partial charge >= 0.3 is 5.97 Å². The van der Waals surface area contributed by atoms with Crippen LogP contribution in [-0.4, -0.2) is 42.1 Å². The normalized spacial score (nSPS) is 11.8. The summed E-state index contributed by atoms with van der Waals surface area (Å²) in [5.74, 6) is 0.139. The van der Waals surface area contributed by atoms with Crippen molar-refractivity contribution in [1.82, 2.24) is 0 Å². The number of nitrogens with zero attached hydrogens (tertiary/aromatic N) is 4. The Balaban J connectivity index is 0.000000662. The summed E-state index contributed by atoms with van der Waals surface area (Å²) in [6.45, 7) is 5.52. The first kappa shape index (κ1) is 44.9. The molecule has 280 valence electrons. The van der Waals surface area contributed by atoms with Crippen molar-refractivity contribution in [1.29, 1.82) is 10.5 Å². The Morgan fingerprint density at radius 1 is 0.635 bits per heavy atom. The summed E-state index contributed by atoms with van der Waals surface area (Å²) >= 11 is 0. The van der Waals surface area contributed by atoms with Gasteiger partial charge in [0.05, 0.1) is 6.10 Å². The van der Waals surface area contributed by atoms with Gasteiger partial charge in [-0.25, -0.2) is 14.4 Å². The Hall–Kier alpha value is -5.08. The molecule has 0 N–H and O–H groups in total. The number of unbranched alkanes of at least 4 members (excludes halogenated alkanes) is 13. The van der Waals surface area contributed by atoms with Crippen LogP contribution in [0.25, 0.3) is 0 Å². The third kappa shape index (κ3) is 21.9. The van der Waals surface area contributed by atoms with Gasteiger partial charge in [-0.05, 0) is 62.1 Å². The second-order valence-corrected chi connectivity index (χ2v) is 12.8. The van der Waals surface area contributed by atoms with E-state index in [1.165, 1.54) is 96.1 Å². The van der Waals surface area contributed by atoms with E-state index in [0.717, 1.165) is 30.4 Å². The Kier molecular flexibility index (Phi) is 25.6. The van der Waals surface area contributed by atoms with Crippen LogP contribution in [0.4, 0.5) is 0 Å². The number of benzene rings is 2. The highest BCUT2D eigenvalue weighted by Gasteiger charge is 2.22. The number of ketones is 1. The maximum Gasteiger partial charge on any atom is 0.332 e. The van der Waals surface area contributed by atoms with Crippen LogP contribution in [0, 0.1) is 23.0 Å². The van der Waals surface area contributed by atoms with Crippen LogP contribution in [-0.2, 0) is 36.8 Å². The Bertz CT molecular complexity index is 1470. The van der Waals surface area contributed by atoms with Gasteiger partial charge in [-0.2, -0.15) is 9.98 Å². The molecule has 2 aromatic rings. The Morgan fingerprint density at radius 3 is 1.40 bits per heavy atom. The molecule has 0 spiro atoms. The van der Waals surface area contributed by atoms with E-state index < -0.39 is 18.1 Å². The molecule has 0 aliphatic rings. The lowest BCUT2D eigenvalue weighted by Gasteiger charge is -2.16. The number of hydrogen-bond acceptors (Lipinski definition) is 11. The minimum atomic E-state index is -0.922. The number of hydrogen-bond donors (Lipinski definition) is 0. The Labute approximate surface area is 309 Å². The second-order valence-electron chi connectivity index (χ2n) is 12.8. The minimum Gasteiger partial charge on any atom is -0.461 e. The number of nitriles is 2. The maximum atomic E-state index is 12.5. The lowest BCUT2D eigenvalue weighted by molar-refractivity contribution is -0.150. The highest BCUT2D eigenvalue weighted by molar-refractivity contribution is 5.82. The van der Waals surface area contributed by atoms with Gasteiger partial charge in [0.1, 0.15) is 17.5 Å². The molecule has 0 radical (unpaired) electrons. The molecule has 11 heteroatoms. The van der Waals surface area contributed by atoms with Crippen molar-refractivity contribution in [2.75, 3.05) is 0 Å². The zero-order valence-corrected chi connectivity index (χ0v) is 31.0.